The maximum atomic E-state index is 6.22. The van der Waals surface area contributed by atoms with Gasteiger partial charge in [0.2, 0.25) is 0 Å². The van der Waals surface area contributed by atoms with Gasteiger partial charge in [-0.1, -0.05) is 42.3 Å². The Labute approximate surface area is 112 Å². The lowest BCUT2D eigenvalue weighted by Crippen LogP contribution is -2.02. The van der Waals surface area contributed by atoms with Crippen molar-refractivity contribution in [1.29, 1.82) is 0 Å². The summed E-state index contributed by atoms with van der Waals surface area (Å²) < 4.78 is 0. The predicted octanol–water partition coefficient (Wildman–Crippen LogP) is 3.95. The first kappa shape index (κ1) is 13.1. The van der Waals surface area contributed by atoms with Gasteiger partial charge < -0.3 is 5.73 Å². The van der Waals surface area contributed by atoms with Gasteiger partial charge in [0, 0.05) is 17.5 Å². The molecular weight excluding hydrogens is 244 g/mol. The van der Waals surface area contributed by atoms with Crippen LogP contribution in [0.5, 0.6) is 0 Å². The van der Waals surface area contributed by atoms with Crippen molar-refractivity contribution >= 4 is 28.6 Å². The number of hydrogen-bond donors (Lipinski definition) is 1. The second-order valence-corrected chi connectivity index (χ2v) is 4.78. The largest absolute Gasteiger partial charge is 0.327 e. The van der Waals surface area contributed by atoms with Crippen molar-refractivity contribution in [3.63, 3.8) is 0 Å². The Kier molecular flexibility index (Phi) is 4.00. The summed E-state index contributed by atoms with van der Waals surface area (Å²) in [6.07, 6.45) is 2.97. The minimum atomic E-state index is 0.535. The third-order valence-electron chi connectivity index (χ3n) is 3.03. The number of fused-ring (bicyclic) bond motifs is 1. The van der Waals surface area contributed by atoms with Crippen LogP contribution in [-0.2, 0) is 0 Å². The fourth-order valence-corrected chi connectivity index (χ4v) is 2.10. The average Bonchev–Trinajstić information content (AvgIpc) is 2.36. The Hall–Kier alpha value is -1.38. The number of halogens is 1. The first-order valence-corrected chi connectivity index (χ1v) is 6.48. The third kappa shape index (κ3) is 2.71. The van der Waals surface area contributed by atoms with Crippen LogP contribution in [0.25, 0.3) is 17.0 Å². The minimum Gasteiger partial charge on any atom is -0.327 e. The van der Waals surface area contributed by atoms with Crippen LogP contribution < -0.4 is 5.73 Å². The van der Waals surface area contributed by atoms with Crippen molar-refractivity contribution < 1.29 is 0 Å². The quantitative estimate of drug-likeness (QED) is 0.849. The molecule has 0 radical (unpaired) electrons. The van der Waals surface area contributed by atoms with E-state index in [9.17, 15) is 0 Å². The molecule has 0 spiro atoms. The summed E-state index contributed by atoms with van der Waals surface area (Å²) in [7, 11) is 0. The van der Waals surface area contributed by atoms with Crippen LogP contribution in [0.2, 0.25) is 5.15 Å². The van der Waals surface area contributed by atoms with Crippen molar-refractivity contribution in [2.45, 2.75) is 20.3 Å². The topological polar surface area (TPSA) is 38.9 Å². The van der Waals surface area contributed by atoms with Gasteiger partial charge in [0.1, 0.15) is 5.15 Å². The van der Waals surface area contributed by atoms with E-state index in [2.05, 4.69) is 30.1 Å². The predicted molar refractivity (Wildman–Crippen MR) is 78.8 cm³/mol. The number of hydrogen-bond acceptors (Lipinski definition) is 2. The molecule has 0 aliphatic heterocycles. The molecule has 1 heterocycles. The number of pyridine rings is 1. The first-order valence-electron chi connectivity index (χ1n) is 6.10. The van der Waals surface area contributed by atoms with Gasteiger partial charge in [-0.15, -0.1) is 0 Å². The highest BCUT2D eigenvalue weighted by Gasteiger charge is 2.04. The molecular formula is C15H17ClN2. The Bertz CT molecular complexity index is 597. The maximum absolute atomic E-state index is 6.22. The van der Waals surface area contributed by atoms with Crippen molar-refractivity contribution in [3.8, 4) is 0 Å². The highest BCUT2D eigenvalue weighted by molar-refractivity contribution is 6.31. The number of nitrogens with zero attached hydrogens (tertiary/aromatic N) is 1. The highest BCUT2D eigenvalue weighted by atomic mass is 35.5. The van der Waals surface area contributed by atoms with E-state index in [1.807, 2.05) is 19.1 Å². The highest BCUT2D eigenvalue weighted by Crippen LogP contribution is 2.23. The second-order valence-electron chi connectivity index (χ2n) is 4.42. The van der Waals surface area contributed by atoms with Gasteiger partial charge in [0.25, 0.3) is 0 Å². The van der Waals surface area contributed by atoms with Crippen molar-refractivity contribution in [2.75, 3.05) is 6.54 Å². The van der Waals surface area contributed by atoms with Crippen LogP contribution in [0.4, 0.5) is 0 Å². The lowest BCUT2D eigenvalue weighted by Gasteiger charge is -2.05. The van der Waals surface area contributed by atoms with Gasteiger partial charge in [-0.2, -0.15) is 0 Å². The van der Waals surface area contributed by atoms with Gasteiger partial charge >= 0.3 is 0 Å². The molecule has 0 saturated carbocycles. The Morgan fingerprint density at radius 2 is 2.17 bits per heavy atom. The summed E-state index contributed by atoms with van der Waals surface area (Å²) in [5.74, 6) is 0. The van der Waals surface area contributed by atoms with E-state index < -0.39 is 0 Å². The summed E-state index contributed by atoms with van der Waals surface area (Å²) in [5.41, 5.74) is 9.91. The number of aromatic nitrogens is 1. The van der Waals surface area contributed by atoms with E-state index in [-0.39, 0.29) is 0 Å². The zero-order valence-corrected chi connectivity index (χ0v) is 11.5. The molecule has 0 amide bonds. The molecule has 2 aromatic rings. The number of benzene rings is 1. The zero-order valence-electron chi connectivity index (χ0n) is 10.7. The minimum absolute atomic E-state index is 0.535. The SMILES string of the molecule is CCC(=Cc1cc2ccc(C)cc2nc1Cl)CN. The molecule has 0 aliphatic carbocycles. The zero-order chi connectivity index (χ0) is 13.1. The fraction of sp³-hybridized carbons (Fsp3) is 0.267. The van der Waals surface area contributed by atoms with E-state index in [0.717, 1.165) is 22.9 Å². The molecule has 2 N–H and O–H groups in total. The smallest absolute Gasteiger partial charge is 0.136 e. The molecule has 0 fully saturated rings. The van der Waals surface area contributed by atoms with Gasteiger partial charge in [-0.25, -0.2) is 4.98 Å². The van der Waals surface area contributed by atoms with Gasteiger partial charge in [-0.05, 0) is 31.0 Å². The summed E-state index contributed by atoms with van der Waals surface area (Å²) >= 11 is 6.22. The Morgan fingerprint density at radius 1 is 1.39 bits per heavy atom. The van der Waals surface area contributed by atoms with E-state index in [4.69, 9.17) is 17.3 Å². The number of aryl methyl sites for hydroxylation is 1. The molecule has 1 aromatic carbocycles. The van der Waals surface area contributed by atoms with Crippen molar-refractivity contribution in [3.05, 3.63) is 46.1 Å². The van der Waals surface area contributed by atoms with E-state index in [1.54, 1.807) is 0 Å². The maximum Gasteiger partial charge on any atom is 0.136 e. The molecule has 0 bridgehead atoms. The Morgan fingerprint density at radius 3 is 2.83 bits per heavy atom. The van der Waals surface area contributed by atoms with Gasteiger partial charge in [-0.3, -0.25) is 0 Å². The van der Waals surface area contributed by atoms with E-state index >= 15 is 0 Å². The molecule has 94 valence electrons. The molecule has 2 nitrogen and oxygen atoms in total. The lowest BCUT2D eigenvalue weighted by molar-refractivity contribution is 1.02. The van der Waals surface area contributed by atoms with Crippen molar-refractivity contribution in [1.82, 2.24) is 4.98 Å². The number of nitrogens with two attached hydrogens (primary N) is 1. The molecule has 0 unspecified atom stereocenters. The van der Waals surface area contributed by atoms with Crippen LogP contribution >= 0.6 is 11.6 Å². The summed E-state index contributed by atoms with van der Waals surface area (Å²) in [6.45, 7) is 4.69. The molecule has 3 heteroatoms. The second kappa shape index (κ2) is 5.51. The molecule has 1 aromatic heterocycles. The standard InChI is InChI=1S/C15H17ClN2/c1-3-11(9-17)7-13-8-12-5-4-10(2)6-14(12)18-15(13)16/h4-8H,3,9,17H2,1-2H3. The normalized spacial score (nSPS) is 12.1. The van der Waals surface area contributed by atoms with Crippen molar-refractivity contribution in [2.24, 2.45) is 5.73 Å². The van der Waals surface area contributed by atoms with Gasteiger partial charge in [0.15, 0.2) is 0 Å². The Balaban J connectivity index is 2.56. The monoisotopic (exact) mass is 260 g/mol. The van der Waals surface area contributed by atoms with Crippen LogP contribution in [0.1, 0.15) is 24.5 Å². The third-order valence-corrected chi connectivity index (χ3v) is 3.33. The summed E-state index contributed by atoms with van der Waals surface area (Å²) in [4.78, 5) is 4.44. The lowest BCUT2D eigenvalue weighted by atomic mass is 10.1. The molecule has 18 heavy (non-hydrogen) atoms. The molecule has 0 saturated heterocycles. The number of rotatable bonds is 3. The summed E-state index contributed by atoms with van der Waals surface area (Å²) in [6, 6.07) is 8.25. The van der Waals surface area contributed by atoms with Gasteiger partial charge in [0.05, 0.1) is 5.52 Å². The van der Waals surface area contributed by atoms with Crippen LogP contribution in [0.15, 0.2) is 29.8 Å². The summed E-state index contributed by atoms with van der Waals surface area (Å²) in [5, 5.41) is 1.64. The van der Waals surface area contributed by atoms with E-state index in [0.29, 0.717) is 11.7 Å². The van der Waals surface area contributed by atoms with Crippen LogP contribution in [0.3, 0.4) is 0 Å². The molecule has 0 aliphatic rings. The van der Waals surface area contributed by atoms with Crippen LogP contribution in [0, 0.1) is 6.92 Å². The average molecular weight is 261 g/mol. The van der Waals surface area contributed by atoms with E-state index in [1.165, 1.54) is 11.1 Å². The fourth-order valence-electron chi connectivity index (χ4n) is 1.90. The molecule has 2 rings (SSSR count). The van der Waals surface area contributed by atoms with Crippen LogP contribution in [-0.4, -0.2) is 11.5 Å². The molecule has 0 atom stereocenters. The first-order chi connectivity index (χ1) is 8.63.